The molecule has 1 aliphatic heterocycles. The van der Waals surface area contributed by atoms with Crippen LogP contribution in [0.4, 0.5) is 5.69 Å². The van der Waals surface area contributed by atoms with Gasteiger partial charge in [0.2, 0.25) is 5.91 Å². The van der Waals surface area contributed by atoms with E-state index in [0.29, 0.717) is 12.3 Å². The van der Waals surface area contributed by atoms with Gasteiger partial charge in [-0.2, -0.15) is 0 Å². The Morgan fingerprint density at radius 2 is 1.96 bits per heavy atom. The fourth-order valence-corrected chi connectivity index (χ4v) is 3.20. The lowest BCUT2D eigenvalue weighted by Gasteiger charge is -2.27. The predicted octanol–water partition coefficient (Wildman–Crippen LogP) is 3.47. The van der Waals surface area contributed by atoms with Crippen LogP contribution < -0.4 is 4.90 Å². The average molecular weight is 314 g/mol. The number of carbonyl (C=O) groups excluding carboxylic acids is 2. The Morgan fingerprint density at radius 3 is 2.57 bits per heavy atom. The molecule has 4 nitrogen and oxygen atoms in total. The standard InChI is InChI=1S/C19H26N2O2/c1-2-12-20(14-15-6-7-15)19(23)16-8-10-17(11-9-16)21-13-4-3-5-18(21)22/h8-11,15H,2-7,12-14H2,1H3. The molecule has 1 saturated carbocycles. The van der Waals surface area contributed by atoms with Crippen molar-refractivity contribution in [3.63, 3.8) is 0 Å². The summed E-state index contributed by atoms with van der Waals surface area (Å²) in [4.78, 5) is 28.5. The molecule has 0 bridgehead atoms. The number of amides is 2. The lowest BCUT2D eigenvalue weighted by Crippen LogP contribution is -2.35. The second kappa shape index (κ2) is 7.16. The van der Waals surface area contributed by atoms with Crippen molar-refractivity contribution in [1.82, 2.24) is 4.90 Å². The summed E-state index contributed by atoms with van der Waals surface area (Å²) in [6, 6.07) is 7.57. The molecule has 2 amide bonds. The Balaban J connectivity index is 1.69. The number of rotatable bonds is 6. The summed E-state index contributed by atoms with van der Waals surface area (Å²) in [5, 5.41) is 0. The molecule has 2 fully saturated rings. The molecule has 0 spiro atoms. The van der Waals surface area contributed by atoms with E-state index in [1.54, 1.807) is 0 Å². The first-order valence-corrected chi connectivity index (χ1v) is 8.88. The van der Waals surface area contributed by atoms with E-state index in [-0.39, 0.29) is 11.8 Å². The van der Waals surface area contributed by atoms with Crippen molar-refractivity contribution in [2.24, 2.45) is 5.92 Å². The molecule has 1 aromatic carbocycles. The Morgan fingerprint density at radius 1 is 1.22 bits per heavy atom. The van der Waals surface area contributed by atoms with Crippen LogP contribution in [0, 0.1) is 5.92 Å². The van der Waals surface area contributed by atoms with Gasteiger partial charge in [-0.1, -0.05) is 6.92 Å². The van der Waals surface area contributed by atoms with E-state index in [1.165, 1.54) is 12.8 Å². The van der Waals surface area contributed by atoms with E-state index in [2.05, 4.69) is 6.92 Å². The van der Waals surface area contributed by atoms with Crippen LogP contribution in [0.25, 0.3) is 0 Å². The highest BCUT2D eigenvalue weighted by atomic mass is 16.2. The van der Waals surface area contributed by atoms with Gasteiger partial charge in [-0.15, -0.1) is 0 Å². The number of piperidine rings is 1. The van der Waals surface area contributed by atoms with Gasteiger partial charge < -0.3 is 9.80 Å². The lowest BCUT2D eigenvalue weighted by atomic mass is 10.1. The molecule has 1 aromatic rings. The van der Waals surface area contributed by atoms with Crippen molar-refractivity contribution in [2.45, 2.75) is 45.4 Å². The Bertz CT molecular complexity index is 563. The maximum Gasteiger partial charge on any atom is 0.253 e. The van der Waals surface area contributed by atoms with Crippen LogP contribution in [-0.2, 0) is 4.79 Å². The van der Waals surface area contributed by atoms with Gasteiger partial charge >= 0.3 is 0 Å². The van der Waals surface area contributed by atoms with Crippen LogP contribution in [0.15, 0.2) is 24.3 Å². The van der Waals surface area contributed by atoms with Crippen molar-refractivity contribution >= 4 is 17.5 Å². The van der Waals surface area contributed by atoms with E-state index in [1.807, 2.05) is 34.1 Å². The topological polar surface area (TPSA) is 40.6 Å². The third kappa shape index (κ3) is 3.92. The SMILES string of the molecule is CCCN(CC1CC1)C(=O)c1ccc(N2CCCCC2=O)cc1. The second-order valence-corrected chi connectivity index (χ2v) is 6.74. The summed E-state index contributed by atoms with van der Waals surface area (Å²) in [5.41, 5.74) is 1.64. The monoisotopic (exact) mass is 314 g/mol. The maximum absolute atomic E-state index is 12.7. The third-order valence-corrected chi connectivity index (χ3v) is 4.71. The molecule has 0 N–H and O–H groups in total. The summed E-state index contributed by atoms with van der Waals surface area (Å²) in [5.74, 6) is 1.02. The van der Waals surface area contributed by atoms with E-state index >= 15 is 0 Å². The van der Waals surface area contributed by atoms with Gasteiger partial charge in [0.1, 0.15) is 0 Å². The van der Waals surface area contributed by atoms with Gasteiger partial charge in [0, 0.05) is 37.3 Å². The third-order valence-electron chi connectivity index (χ3n) is 4.71. The zero-order valence-corrected chi connectivity index (χ0v) is 14.0. The largest absolute Gasteiger partial charge is 0.338 e. The minimum atomic E-state index is 0.121. The van der Waals surface area contributed by atoms with E-state index in [9.17, 15) is 9.59 Å². The lowest BCUT2D eigenvalue weighted by molar-refractivity contribution is -0.119. The van der Waals surface area contributed by atoms with E-state index in [4.69, 9.17) is 0 Å². The molecule has 2 aliphatic rings. The van der Waals surface area contributed by atoms with Crippen molar-refractivity contribution in [2.75, 3.05) is 24.5 Å². The predicted molar refractivity (Wildman–Crippen MR) is 91.6 cm³/mol. The van der Waals surface area contributed by atoms with Crippen molar-refractivity contribution in [1.29, 1.82) is 0 Å². The fraction of sp³-hybridized carbons (Fsp3) is 0.579. The molecular formula is C19H26N2O2. The summed E-state index contributed by atoms with van der Waals surface area (Å²) in [6.45, 7) is 4.61. The summed E-state index contributed by atoms with van der Waals surface area (Å²) >= 11 is 0. The first kappa shape index (κ1) is 16.0. The maximum atomic E-state index is 12.7. The molecule has 1 saturated heterocycles. The second-order valence-electron chi connectivity index (χ2n) is 6.74. The van der Waals surface area contributed by atoms with E-state index < -0.39 is 0 Å². The Hall–Kier alpha value is -1.84. The highest BCUT2D eigenvalue weighted by Gasteiger charge is 2.27. The zero-order valence-electron chi connectivity index (χ0n) is 14.0. The molecule has 0 unspecified atom stereocenters. The molecule has 0 atom stereocenters. The van der Waals surface area contributed by atoms with Crippen LogP contribution in [0.3, 0.4) is 0 Å². The number of nitrogens with zero attached hydrogens (tertiary/aromatic N) is 2. The molecule has 1 heterocycles. The summed E-state index contributed by atoms with van der Waals surface area (Å²) in [7, 11) is 0. The van der Waals surface area contributed by atoms with Gasteiger partial charge in [-0.05, 0) is 62.3 Å². The number of hydrogen-bond donors (Lipinski definition) is 0. The number of anilines is 1. The smallest absolute Gasteiger partial charge is 0.253 e. The molecule has 124 valence electrons. The van der Waals surface area contributed by atoms with Crippen LogP contribution in [0.1, 0.15) is 55.8 Å². The van der Waals surface area contributed by atoms with Crippen molar-refractivity contribution in [3.05, 3.63) is 29.8 Å². The highest BCUT2D eigenvalue weighted by molar-refractivity contribution is 5.97. The van der Waals surface area contributed by atoms with Gasteiger partial charge in [-0.3, -0.25) is 9.59 Å². The molecule has 1 aliphatic carbocycles. The van der Waals surface area contributed by atoms with Crippen molar-refractivity contribution < 1.29 is 9.59 Å². The van der Waals surface area contributed by atoms with Crippen LogP contribution in [0.2, 0.25) is 0 Å². The first-order chi connectivity index (χ1) is 11.2. The Labute approximate surface area is 138 Å². The molecular weight excluding hydrogens is 288 g/mol. The molecule has 0 radical (unpaired) electrons. The zero-order chi connectivity index (χ0) is 16.2. The van der Waals surface area contributed by atoms with Gasteiger partial charge in [0.15, 0.2) is 0 Å². The van der Waals surface area contributed by atoms with Crippen molar-refractivity contribution in [3.8, 4) is 0 Å². The van der Waals surface area contributed by atoms with Gasteiger partial charge in [0.25, 0.3) is 5.91 Å². The molecule has 3 rings (SSSR count). The van der Waals surface area contributed by atoms with Gasteiger partial charge in [-0.25, -0.2) is 0 Å². The highest BCUT2D eigenvalue weighted by Crippen LogP contribution is 2.30. The van der Waals surface area contributed by atoms with Gasteiger partial charge in [0.05, 0.1) is 0 Å². The fourth-order valence-electron chi connectivity index (χ4n) is 3.20. The number of carbonyl (C=O) groups is 2. The van der Waals surface area contributed by atoms with Crippen LogP contribution in [0.5, 0.6) is 0 Å². The average Bonchev–Trinajstić information content (AvgIpc) is 3.39. The molecule has 23 heavy (non-hydrogen) atoms. The number of benzene rings is 1. The number of hydrogen-bond acceptors (Lipinski definition) is 2. The van der Waals surface area contributed by atoms with Crippen LogP contribution >= 0.6 is 0 Å². The normalized spacial score (nSPS) is 18.1. The summed E-state index contributed by atoms with van der Waals surface area (Å²) < 4.78 is 0. The quantitative estimate of drug-likeness (QED) is 0.807. The summed E-state index contributed by atoms with van der Waals surface area (Å²) in [6.07, 6.45) is 6.16. The Kier molecular flexibility index (Phi) is 4.99. The molecule has 4 heteroatoms. The first-order valence-electron chi connectivity index (χ1n) is 8.88. The molecule has 0 aromatic heterocycles. The van der Waals surface area contributed by atoms with Crippen LogP contribution in [-0.4, -0.2) is 36.3 Å². The minimum absolute atomic E-state index is 0.121. The van der Waals surface area contributed by atoms with E-state index in [0.717, 1.165) is 50.1 Å². The minimum Gasteiger partial charge on any atom is -0.338 e.